The molecule has 0 spiro atoms. The molecular weight excluding hydrogens is 464 g/mol. The lowest BCUT2D eigenvalue weighted by Gasteiger charge is -2.19. The van der Waals surface area contributed by atoms with Gasteiger partial charge in [0.1, 0.15) is 5.60 Å². The molecule has 0 aliphatic carbocycles. The first-order valence-electron chi connectivity index (χ1n) is 10.0. The largest absolute Gasteiger partial charge is 0.460 e. The summed E-state index contributed by atoms with van der Waals surface area (Å²) < 4.78 is 74.1. The summed E-state index contributed by atoms with van der Waals surface area (Å²) in [5.41, 5.74) is -0.216. The van der Waals surface area contributed by atoms with Gasteiger partial charge < -0.3 is 18.9 Å². The molecule has 0 radical (unpaired) electrons. The van der Waals surface area contributed by atoms with Gasteiger partial charge in [0.15, 0.2) is 0 Å². The van der Waals surface area contributed by atoms with E-state index in [1.54, 1.807) is 26.8 Å². The molecule has 0 fully saturated rings. The number of ether oxygens (including phenoxy) is 4. The third kappa shape index (κ3) is 10.4. The van der Waals surface area contributed by atoms with E-state index < -0.39 is 30.2 Å². The minimum absolute atomic E-state index is 0.127. The molecule has 0 heterocycles. The number of aryl methyl sites for hydroxylation is 1. The zero-order chi connectivity index (χ0) is 24.3. The summed E-state index contributed by atoms with van der Waals surface area (Å²) in [6.45, 7) is 7.50. The number of benzene rings is 1. The molecule has 0 N–H and O–H groups in total. The predicted molar refractivity (Wildman–Crippen MR) is 116 cm³/mol. The van der Waals surface area contributed by atoms with Gasteiger partial charge in [-0.25, -0.2) is 8.42 Å². The van der Waals surface area contributed by atoms with Gasteiger partial charge >= 0.3 is 24.0 Å². The number of carbonyl (C=O) groups is 1. The van der Waals surface area contributed by atoms with Crippen LogP contribution >= 0.6 is 0 Å². The quantitative estimate of drug-likeness (QED) is 0.201. The Labute approximate surface area is 189 Å². The maximum atomic E-state index is 12.3. The van der Waals surface area contributed by atoms with E-state index in [0.717, 1.165) is 0 Å². The lowest BCUT2D eigenvalue weighted by Crippen LogP contribution is -2.24. The molecule has 1 aromatic carbocycles. The van der Waals surface area contributed by atoms with Gasteiger partial charge in [0.2, 0.25) is 0 Å². The summed E-state index contributed by atoms with van der Waals surface area (Å²) >= 11 is 0. The van der Waals surface area contributed by atoms with E-state index in [-0.39, 0.29) is 50.3 Å². The Morgan fingerprint density at radius 3 is 1.84 bits per heavy atom. The van der Waals surface area contributed by atoms with E-state index in [1.807, 2.05) is 0 Å². The summed E-state index contributed by atoms with van der Waals surface area (Å²) in [4.78, 5) is 11.2. The second-order valence-corrected chi connectivity index (χ2v) is 12.6. The normalized spacial score (nSPS) is 12.6. The van der Waals surface area contributed by atoms with Crippen LogP contribution in [0, 0.1) is 6.92 Å². The van der Waals surface area contributed by atoms with Crippen LogP contribution in [0.1, 0.15) is 32.8 Å². The van der Waals surface area contributed by atoms with Crippen LogP contribution in [-0.2, 0) is 45.9 Å². The zero-order valence-corrected chi connectivity index (χ0v) is 20.5. The molecule has 184 valence electrons. The van der Waals surface area contributed by atoms with Gasteiger partial charge in [-0.2, -0.15) is 8.42 Å². The fourth-order valence-corrected chi connectivity index (χ4v) is 5.43. The van der Waals surface area contributed by atoms with Crippen LogP contribution in [0.5, 0.6) is 0 Å². The molecule has 0 unspecified atom stereocenters. The Morgan fingerprint density at radius 2 is 1.31 bits per heavy atom. The second kappa shape index (κ2) is 13.2. The summed E-state index contributed by atoms with van der Waals surface area (Å²) in [5.74, 6) is -0.331. The van der Waals surface area contributed by atoms with Crippen molar-refractivity contribution in [3.8, 4) is 0 Å². The predicted octanol–water partition coefficient (Wildman–Crippen LogP) is 1.81. The molecule has 10 nitrogen and oxygen atoms in total. The van der Waals surface area contributed by atoms with Crippen LogP contribution in [-0.4, -0.2) is 74.7 Å². The van der Waals surface area contributed by atoms with Crippen molar-refractivity contribution in [3.05, 3.63) is 29.8 Å². The van der Waals surface area contributed by atoms with Crippen molar-refractivity contribution < 1.29 is 44.8 Å². The number of esters is 1. The fraction of sp³-hybridized carbons (Fsp3) is 0.650. The maximum absolute atomic E-state index is 12.3. The zero-order valence-electron chi connectivity index (χ0n) is 18.9. The smallest absolute Gasteiger partial charge is 0.379 e. The van der Waals surface area contributed by atoms with E-state index in [0.29, 0.717) is 12.2 Å². The second-order valence-electron chi connectivity index (χ2n) is 7.62. The van der Waals surface area contributed by atoms with E-state index in [1.165, 1.54) is 25.1 Å². The Kier molecular flexibility index (Phi) is 11.8. The molecule has 0 atom stereocenters. The molecule has 0 bridgehead atoms. The van der Waals surface area contributed by atoms with Crippen LogP contribution in [0.25, 0.3) is 0 Å². The topological polar surface area (TPSA) is 132 Å². The highest BCUT2D eigenvalue weighted by atomic mass is 33.2. The third-order valence-corrected chi connectivity index (χ3v) is 8.13. The number of hydrogen-bond donors (Lipinski definition) is 0. The van der Waals surface area contributed by atoms with E-state index in [9.17, 15) is 21.6 Å². The van der Waals surface area contributed by atoms with Crippen molar-refractivity contribution >= 4 is 24.0 Å². The Hall–Kier alpha value is -1.57. The van der Waals surface area contributed by atoms with Crippen molar-refractivity contribution in [2.45, 2.75) is 44.6 Å². The van der Waals surface area contributed by atoms with Crippen LogP contribution in [0.15, 0.2) is 29.2 Å². The molecule has 0 aromatic heterocycles. The molecule has 0 amide bonds. The van der Waals surface area contributed by atoms with Gasteiger partial charge in [-0.3, -0.25) is 8.98 Å². The molecule has 1 aromatic rings. The highest BCUT2D eigenvalue weighted by molar-refractivity contribution is 8.65. The standard InChI is InChI=1S/C20H32O10S2/c1-17-7-5-6-8-18(17)31(22,23)32(24,25)29-16-15-28-14-13-27-12-11-26-10-9-19(21)30-20(2,3)4/h5-8H,9-16H2,1-4H3. The van der Waals surface area contributed by atoms with Crippen LogP contribution in [0.3, 0.4) is 0 Å². The average molecular weight is 497 g/mol. The van der Waals surface area contributed by atoms with E-state index in [4.69, 9.17) is 18.9 Å². The Morgan fingerprint density at radius 1 is 0.812 bits per heavy atom. The highest BCUT2D eigenvalue weighted by Gasteiger charge is 2.34. The Bertz CT molecular complexity index is 918. The lowest BCUT2D eigenvalue weighted by atomic mass is 10.2. The van der Waals surface area contributed by atoms with Crippen molar-refractivity contribution in [1.29, 1.82) is 0 Å². The monoisotopic (exact) mass is 496 g/mol. The van der Waals surface area contributed by atoms with Gasteiger partial charge in [0, 0.05) is 0 Å². The molecule has 12 heteroatoms. The molecule has 32 heavy (non-hydrogen) atoms. The lowest BCUT2D eigenvalue weighted by molar-refractivity contribution is -0.156. The van der Waals surface area contributed by atoms with Crippen LogP contribution < -0.4 is 0 Å². The van der Waals surface area contributed by atoms with Crippen LogP contribution in [0.2, 0.25) is 0 Å². The van der Waals surface area contributed by atoms with Gasteiger partial charge in [-0.05, 0) is 39.3 Å². The van der Waals surface area contributed by atoms with Crippen LogP contribution in [0.4, 0.5) is 0 Å². The van der Waals surface area contributed by atoms with Crippen molar-refractivity contribution in [3.63, 3.8) is 0 Å². The summed E-state index contributed by atoms with van der Waals surface area (Å²) in [6.07, 6.45) is 0.156. The van der Waals surface area contributed by atoms with Gasteiger partial charge in [0.25, 0.3) is 0 Å². The molecule has 1 rings (SSSR count). The van der Waals surface area contributed by atoms with E-state index in [2.05, 4.69) is 4.18 Å². The van der Waals surface area contributed by atoms with Crippen molar-refractivity contribution in [1.82, 2.24) is 0 Å². The average Bonchev–Trinajstić information content (AvgIpc) is 2.67. The van der Waals surface area contributed by atoms with Crippen molar-refractivity contribution in [2.75, 3.05) is 46.2 Å². The van der Waals surface area contributed by atoms with E-state index >= 15 is 0 Å². The van der Waals surface area contributed by atoms with Gasteiger partial charge in [-0.15, -0.1) is 0 Å². The summed E-state index contributed by atoms with van der Waals surface area (Å²) in [6, 6.07) is 5.75. The molecule has 0 aliphatic heterocycles. The number of rotatable bonds is 15. The maximum Gasteiger partial charge on any atom is 0.379 e. The molecule has 0 aliphatic rings. The Balaban J connectivity index is 2.12. The minimum atomic E-state index is -4.85. The first kappa shape index (κ1) is 28.5. The molecule has 0 saturated carbocycles. The highest BCUT2D eigenvalue weighted by Crippen LogP contribution is 2.21. The fourth-order valence-electron chi connectivity index (χ4n) is 2.30. The first-order chi connectivity index (χ1) is 14.9. The van der Waals surface area contributed by atoms with Gasteiger partial charge in [0.05, 0.1) is 57.6 Å². The number of hydrogen-bond acceptors (Lipinski definition) is 10. The van der Waals surface area contributed by atoms with Crippen molar-refractivity contribution in [2.24, 2.45) is 0 Å². The third-order valence-electron chi connectivity index (χ3n) is 3.70. The summed E-state index contributed by atoms with van der Waals surface area (Å²) in [5, 5.41) is 0. The van der Waals surface area contributed by atoms with Gasteiger partial charge in [-0.1, -0.05) is 18.2 Å². The SMILES string of the molecule is Cc1ccccc1S(=O)(=O)S(=O)(=O)OCCOCCOCCOCCC(=O)OC(C)(C)C. The summed E-state index contributed by atoms with van der Waals surface area (Å²) in [7, 11) is -9.52. The molecule has 0 saturated heterocycles. The number of carbonyl (C=O) groups excluding carboxylic acids is 1. The molecular formula is C20H32O10S2. The minimum Gasteiger partial charge on any atom is -0.460 e. The first-order valence-corrected chi connectivity index (χ1v) is 13.4.